The van der Waals surface area contributed by atoms with Gasteiger partial charge in [-0.2, -0.15) is 0 Å². The summed E-state index contributed by atoms with van der Waals surface area (Å²) in [6.07, 6.45) is 9.00. The Hall–Kier alpha value is -0.530. The normalized spacial score (nSPS) is 16.9. The smallest absolute Gasteiger partial charge is 0.300 e. The van der Waals surface area contributed by atoms with Crippen LogP contribution in [0.5, 0.6) is 0 Å². The number of hydrogen-bond donors (Lipinski definition) is 1. The van der Waals surface area contributed by atoms with Crippen molar-refractivity contribution in [3.63, 3.8) is 0 Å². The van der Waals surface area contributed by atoms with E-state index in [0.717, 1.165) is 6.92 Å². The van der Waals surface area contributed by atoms with Gasteiger partial charge in [0.2, 0.25) is 0 Å². The van der Waals surface area contributed by atoms with E-state index in [2.05, 4.69) is 0 Å². The van der Waals surface area contributed by atoms with Crippen LogP contribution in [0.15, 0.2) is 0 Å². The minimum Gasteiger partial charge on any atom is -0.481 e. The van der Waals surface area contributed by atoms with Crippen molar-refractivity contribution < 1.29 is 9.90 Å². The van der Waals surface area contributed by atoms with Crippen molar-refractivity contribution in [2.24, 2.45) is 0 Å². The van der Waals surface area contributed by atoms with Crippen LogP contribution in [0.4, 0.5) is 0 Å². The molecular weight excluding hydrogens is 128 g/mol. The summed E-state index contributed by atoms with van der Waals surface area (Å²) in [4.78, 5) is 9.00. The molecule has 0 spiro atoms. The van der Waals surface area contributed by atoms with Gasteiger partial charge < -0.3 is 5.11 Å². The molecule has 0 heterocycles. The average molecular weight is 144 g/mol. The van der Waals surface area contributed by atoms with Gasteiger partial charge in [0, 0.05) is 6.92 Å². The first-order valence-electron chi connectivity index (χ1n) is 3.93. The van der Waals surface area contributed by atoms with E-state index in [1.165, 1.54) is 38.5 Å². The molecule has 0 saturated heterocycles. The molecule has 1 aliphatic rings. The van der Waals surface area contributed by atoms with Gasteiger partial charge in [0.15, 0.2) is 0 Å². The van der Waals surface area contributed by atoms with E-state index in [-0.39, 0.29) is 0 Å². The molecule has 0 aromatic rings. The third-order valence-corrected chi connectivity index (χ3v) is 1.50. The molecule has 10 heavy (non-hydrogen) atoms. The molecule has 1 N–H and O–H groups in total. The van der Waals surface area contributed by atoms with Gasteiger partial charge in [-0.1, -0.05) is 38.5 Å². The first kappa shape index (κ1) is 9.47. The highest BCUT2D eigenvalue weighted by Crippen LogP contribution is 2.15. The topological polar surface area (TPSA) is 37.3 Å². The number of carbonyl (C=O) groups is 1. The fourth-order valence-electron chi connectivity index (χ4n) is 1.06. The molecule has 0 bridgehead atoms. The van der Waals surface area contributed by atoms with E-state index in [9.17, 15) is 0 Å². The lowest BCUT2D eigenvalue weighted by molar-refractivity contribution is -0.134. The third-order valence-electron chi connectivity index (χ3n) is 1.50. The Morgan fingerprint density at radius 3 is 1.20 bits per heavy atom. The molecule has 1 rings (SSSR count). The summed E-state index contributed by atoms with van der Waals surface area (Å²) in [5.41, 5.74) is 0. The van der Waals surface area contributed by atoms with Crippen molar-refractivity contribution in [2.75, 3.05) is 0 Å². The maximum absolute atomic E-state index is 9.00. The van der Waals surface area contributed by atoms with Crippen LogP contribution in [0.1, 0.15) is 45.4 Å². The predicted molar refractivity (Wildman–Crippen MR) is 41.0 cm³/mol. The van der Waals surface area contributed by atoms with Crippen LogP contribution in [-0.2, 0) is 4.79 Å². The lowest BCUT2D eigenvalue weighted by Gasteiger charge is -2.05. The zero-order valence-electron chi connectivity index (χ0n) is 6.60. The summed E-state index contributed by atoms with van der Waals surface area (Å²) < 4.78 is 0. The standard InChI is InChI=1S/C6H12.C2H4O2/c1-2-4-6-5-3-1;1-2(3)4/h1-6H2;1H3,(H,3,4). The molecule has 2 heteroatoms. The first-order valence-corrected chi connectivity index (χ1v) is 3.93. The summed E-state index contributed by atoms with van der Waals surface area (Å²) in [5.74, 6) is -0.833. The van der Waals surface area contributed by atoms with E-state index in [1.807, 2.05) is 0 Å². The summed E-state index contributed by atoms with van der Waals surface area (Å²) in [7, 11) is 0. The van der Waals surface area contributed by atoms with Crippen LogP contribution < -0.4 is 0 Å². The minimum atomic E-state index is -0.833. The highest BCUT2D eigenvalue weighted by Gasteiger charge is 1.95. The zero-order valence-corrected chi connectivity index (χ0v) is 6.60. The van der Waals surface area contributed by atoms with Crippen molar-refractivity contribution >= 4 is 5.97 Å². The van der Waals surface area contributed by atoms with Crippen molar-refractivity contribution in [1.29, 1.82) is 0 Å². The molecule has 1 aliphatic carbocycles. The van der Waals surface area contributed by atoms with E-state index < -0.39 is 5.97 Å². The Balaban J connectivity index is 0.000000180. The van der Waals surface area contributed by atoms with Gasteiger partial charge in [-0.05, 0) is 0 Å². The Labute approximate surface area is 62.2 Å². The second kappa shape index (κ2) is 6.59. The van der Waals surface area contributed by atoms with Crippen molar-refractivity contribution in [3.8, 4) is 0 Å². The molecule has 0 radical (unpaired) electrons. The number of aliphatic carboxylic acids is 1. The Morgan fingerprint density at radius 1 is 1.00 bits per heavy atom. The zero-order chi connectivity index (χ0) is 7.82. The van der Waals surface area contributed by atoms with E-state index in [1.54, 1.807) is 0 Å². The van der Waals surface area contributed by atoms with E-state index >= 15 is 0 Å². The lowest BCUT2D eigenvalue weighted by atomic mass is 10.0. The van der Waals surface area contributed by atoms with Gasteiger partial charge in [-0.25, -0.2) is 0 Å². The average Bonchev–Trinajstić information content (AvgIpc) is 1.90. The van der Waals surface area contributed by atoms with Gasteiger partial charge in [0.1, 0.15) is 0 Å². The molecule has 1 fully saturated rings. The van der Waals surface area contributed by atoms with Crippen molar-refractivity contribution in [3.05, 3.63) is 0 Å². The minimum absolute atomic E-state index is 0.833. The highest BCUT2D eigenvalue weighted by molar-refractivity contribution is 5.62. The van der Waals surface area contributed by atoms with Crippen LogP contribution in [0.3, 0.4) is 0 Å². The first-order chi connectivity index (χ1) is 4.73. The van der Waals surface area contributed by atoms with Gasteiger partial charge >= 0.3 is 0 Å². The summed E-state index contributed by atoms with van der Waals surface area (Å²) in [5, 5.41) is 7.42. The quantitative estimate of drug-likeness (QED) is 0.567. The van der Waals surface area contributed by atoms with Crippen LogP contribution in [0.25, 0.3) is 0 Å². The van der Waals surface area contributed by atoms with Crippen LogP contribution in [-0.4, -0.2) is 11.1 Å². The van der Waals surface area contributed by atoms with Gasteiger partial charge in [-0.3, -0.25) is 4.79 Å². The van der Waals surface area contributed by atoms with Gasteiger partial charge in [0.25, 0.3) is 5.97 Å². The van der Waals surface area contributed by atoms with E-state index in [4.69, 9.17) is 9.90 Å². The third kappa shape index (κ3) is 10.5. The summed E-state index contributed by atoms with van der Waals surface area (Å²) >= 11 is 0. The van der Waals surface area contributed by atoms with E-state index in [0.29, 0.717) is 0 Å². The molecule has 60 valence electrons. The number of hydrogen-bond acceptors (Lipinski definition) is 1. The number of rotatable bonds is 0. The molecule has 0 aromatic carbocycles. The van der Waals surface area contributed by atoms with Crippen LogP contribution in [0, 0.1) is 0 Å². The SMILES string of the molecule is C1CCCCC1.CC(=O)O. The number of carboxylic acid groups (broad SMARTS) is 1. The molecule has 0 aromatic heterocycles. The van der Waals surface area contributed by atoms with Crippen molar-refractivity contribution in [1.82, 2.24) is 0 Å². The Bertz CT molecular complexity index is 69.7. The maximum Gasteiger partial charge on any atom is 0.300 e. The predicted octanol–water partition coefficient (Wildman–Crippen LogP) is 2.43. The largest absolute Gasteiger partial charge is 0.481 e. The van der Waals surface area contributed by atoms with Crippen molar-refractivity contribution in [2.45, 2.75) is 45.4 Å². The fourth-order valence-corrected chi connectivity index (χ4v) is 1.06. The Kier molecular flexibility index (Phi) is 6.24. The second-order valence-corrected chi connectivity index (χ2v) is 2.64. The molecule has 0 amide bonds. The number of carboxylic acids is 1. The molecule has 2 nitrogen and oxygen atoms in total. The summed E-state index contributed by atoms with van der Waals surface area (Å²) in [6, 6.07) is 0. The Morgan fingerprint density at radius 2 is 1.10 bits per heavy atom. The van der Waals surface area contributed by atoms with Crippen LogP contribution >= 0.6 is 0 Å². The molecule has 0 atom stereocenters. The van der Waals surface area contributed by atoms with Gasteiger partial charge in [-0.15, -0.1) is 0 Å². The molecule has 0 aliphatic heterocycles. The lowest BCUT2D eigenvalue weighted by Crippen LogP contribution is -1.85. The second-order valence-electron chi connectivity index (χ2n) is 2.64. The molecular formula is C8H16O2. The fraction of sp³-hybridized carbons (Fsp3) is 0.875. The molecule has 1 saturated carbocycles. The van der Waals surface area contributed by atoms with Crippen LogP contribution in [0.2, 0.25) is 0 Å². The maximum atomic E-state index is 9.00. The summed E-state index contributed by atoms with van der Waals surface area (Å²) in [6.45, 7) is 1.08. The highest BCUT2D eigenvalue weighted by atomic mass is 16.4. The monoisotopic (exact) mass is 144 g/mol. The van der Waals surface area contributed by atoms with Gasteiger partial charge in [0.05, 0.1) is 0 Å². The molecule has 0 unspecified atom stereocenters.